The van der Waals surface area contributed by atoms with Crippen LogP contribution in [-0.2, 0) is 4.79 Å². The summed E-state index contributed by atoms with van der Waals surface area (Å²) in [4.78, 5) is 19.4. The molecule has 0 spiro atoms. The molecule has 1 amide bonds. The highest BCUT2D eigenvalue weighted by molar-refractivity contribution is 7.22. The van der Waals surface area contributed by atoms with Crippen LogP contribution in [0.4, 0.5) is 9.52 Å². The Hall–Kier alpha value is -2.48. The van der Waals surface area contributed by atoms with Crippen molar-refractivity contribution in [1.29, 1.82) is 0 Å². The molecule has 0 aliphatic carbocycles. The Kier molecular flexibility index (Phi) is 5.30. The molecule has 8 heteroatoms. The van der Waals surface area contributed by atoms with Crippen molar-refractivity contribution in [2.45, 2.75) is 33.1 Å². The van der Waals surface area contributed by atoms with Crippen LogP contribution in [0.3, 0.4) is 0 Å². The summed E-state index contributed by atoms with van der Waals surface area (Å²) >= 11 is 1.61. The van der Waals surface area contributed by atoms with Crippen molar-refractivity contribution in [3.63, 3.8) is 0 Å². The maximum absolute atomic E-state index is 13.3. The lowest BCUT2D eigenvalue weighted by atomic mass is 9.97. The van der Waals surface area contributed by atoms with Gasteiger partial charge in [0.2, 0.25) is 5.91 Å². The number of thiazole rings is 1. The molecule has 1 aliphatic heterocycles. The van der Waals surface area contributed by atoms with E-state index in [1.165, 1.54) is 12.1 Å². The van der Waals surface area contributed by atoms with Crippen LogP contribution in [0.15, 0.2) is 24.3 Å². The highest BCUT2D eigenvalue weighted by atomic mass is 32.1. The summed E-state index contributed by atoms with van der Waals surface area (Å²) in [6, 6.07) is 6.26. The van der Waals surface area contributed by atoms with Crippen LogP contribution in [0, 0.1) is 18.7 Å². The van der Waals surface area contributed by atoms with Crippen LogP contribution in [0.2, 0.25) is 0 Å². The van der Waals surface area contributed by atoms with Gasteiger partial charge in [-0.1, -0.05) is 18.3 Å². The Morgan fingerprint density at radius 3 is 2.89 bits per heavy atom. The minimum Gasteiger partial charge on any atom is -0.356 e. The number of aromatic nitrogens is 3. The number of aryl methyl sites for hydroxylation is 1. The number of amides is 1. The van der Waals surface area contributed by atoms with E-state index < -0.39 is 0 Å². The number of hydrogen-bond acceptors (Lipinski definition) is 5. The predicted octanol–water partition coefficient (Wildman–Crippen LogP) is 3.67. The first-order chi connectivity index (χ1) is 13.6. The molecule has 1 fully saturated rings. The first kappa shape index (κ1) is 18.9. The maximum Gasteiger partial charge on any atom is 0.224 e. The minimum absolute atomic E-state index is 0.00186. The van der Waals surface area contributed by atoms with Gasteiger partial charge in [0.05, 0.1) is 22.0 Å². The van der Waals surface area contributed by atoms with Crippen molar-refractivity contribution >= 4 is 32.7 Å². The molecule has 1 aromatic carbocycles. The predicted molar refractivity (Wildman–Crippen MR) is 110 cm³/mol. The molecule has 3 aromatic rings. The Bertz CT molecular complexity index is 981. The molecule has 1 saturated heterocycles. The Morgan fingerprint density at radius 2 is 2.14 bits per heavy atom. The molecule has 0 radical (unpaired) electrons. The van der Waals surface area contributed by atoms with Gasteiger partial charge in [0.25, 0.3) is 0 Å². The summed E-state index contributed by atoms with van der Waals surface area (Å²) in [6.07, 6.45) is 2.84. The fourth-order valence-electron chi connectivity index (χ4n) is 3.58. The second-order valence-corrected chi connectivity index (χ2v) is 8.18. The van der Waals surface area contributed by atoms with Crippen molar-refractivity contribution in [2.75, 3.05) is 24.5 Å². The van der Waals surface area contributed by atoms with E-state index in [9.17, 15) is 9.18 Å². The summed E-state index contributed by atoms with van der Waals surface area (Å²) in [5.74, 6) is -0.133. The molecule has 1 atom stereocenters. The van der Waals surface area contributed by atoms with E-state index in [-0.39, 0.29) is 17.6 Å². The molecule has 0 bridgehead atoms. The number of hydrogen-bond donors (Lipinski definition) is 1. The van der Waals surface area contributed by atoms with Crippen LogP contribution in [-0.4, -0.2) is 40.3 Å². The zero-order chi connectivity index (χ0) is 19.7. The normalized spacial score (nSPS) is 17.2. The van der Waals surface area contributed by atoms with E-state index in [4.69, 9.17) is 4.98 Å². The number of halogens is 1. The number of anilines is 1. The number of fused-ring (bicyclic) bond motifs is 1. The monoisotopic (exact) mass is 401 g/mol. The third-order valence-electron chi connectivity index (χ3n) is 5.06. The highest BCUT2D eigenvalue weighted by Gasteiger charge is 2.28. The van der Waals surface area contributed by atoms with Crippen LogP contribution in [0.5, 0.6) is 0 Å². The van der Waals surface area contributed by atoms with Crippen LogP contribution in [0.1, 0.15) is 31.9 Å². The summed E-state index contributed by atoms with van der Waals surface area (Å²) < 4.78 is 16.1. The van der Waals surface area contributed by atoms with Crippen molar-refractivity contribution in [3.8, 4) is 5.69 Å². The minimum atomic E-state index is -0.274. The van der Waals surface area contributed by atoms with E-state index in [0.717, 1.165) is 59.2 Å². The standard InChI is InChI=1S/C20H24FN5OS/c1-3-10-22-19(27)14-5-4-11-25(12-14)20-23-18-17(28-20)13(2)24-26(18)16-8-6-15(21)7-9-16/h6-9,14H,3-5,10-12H2,1-2H3,(H,22,27). The molecule has 28 heavy (non-hydrogen) atoms. The van der Waals surface area contributed by atoms with Crippen LogP contribution >= 0.6 is 11.3 Å². The highest BCUT2D eigenvalue weighted by Crippen LogP contribution is 2.34. The average molecular weight is 402 g/mol. The number of carbonyl (C=O) groups excluding carboxylic acids is 1. The third kappa shape index (κ3) is 3.61. The topological polar surface area (TPSA) is 63.1 Å². The van der Waals surface area contributed by atoms with Gasteiger partial charge in [-0.15, -0.1) is 0 Å². The molecule has 148 valence electrons. The first-order valence-electron chi connectivity index (χ1n) is 9.71. The zero-order valence-electron chi connectivity index (χ0n) is 16.1. The summed E-state index contributed by atoms with van der Waals surface area (Å²) in [7, 11) is 0. The first-order valence-corrected chi connectivity index (χ1v) is 10.5. The molecule has 1 N–H and O–H groups in total. The van der Waals surface area contributed by atoms with Gasteiger partial charge in [-0.05, 0) is 50.5 Å². The number of piperidine rings is 1. The van der Waals surface area contributed by atoms with E-state index in [1.807, 2.05) is 6.92 Å². The van der Waals surface area contributed by atoms with Crippen LogP contribution < -0.4 is 10.2 Å². The molecule has 4 rings (SSSR count). The maximum atomic E-state index is 13.3. The van der Waals surface area contributed by atoms with Gasteiger partial charge < -0.3 is 10.2 Å². The van der Waals surface area contributed by atoms with Crippen molar-refractivity contribution in [3.05, 3.63) is 35.8 Å². The molecule has 1 aliphatic rings. The number of rotatable bonds is 5. The summed E-state index contributed by atoms with van der Waals surface area (Å²) in [5, 5.41) is 8.50. The lowest BCUT2D eigenvalue weighted by Gasteiger charge is -2.31. The van der Waals surface area contributed by atoms with Crippen molar-refractivity contribution in [1.82, 2.24) is 20.1 Å². The van der Waals surface area contributed by atoms with E-state index in [0.29, 0.717) is 6.54 Å². The fraction of sp³-hybridized carbons (Fsp3) is 0.450. The second-order valence-electron chi connectivity index (χ2n) is 7.20. The fourth-order valence-corrected chi connectivity index (χ4v) is 4.60. The smallest absolute Gasteiger partial charge is 0.224 e. The molecule has 0 saturated carbocycles. The molecule has 2 aromatic heterocycles. The molecular weight excluding hydrogens is 377 g/mol. The molecule has 1 unspecified atom stereocenters. The molecular formula is C20H24FN5OS. The Labute approximate surface area is 167 Å². The average Bonchev–Trinajstić information content (AvgIpc) is 3.28. The van der Waals surface area contributed by atoms with Gasteiger partial charge in [-0.3, -0.25) is 4.79 Å². The molecule has 3 heterocycles. The van der Waals surface area contributed by atoms with Gasteiger partial charge in [-0.25, -0.2) is 9.07 Å². The Morgan fingerprint density at radius 1 is 1.36 bits per heavy atom. The van der Waals surface area contributed by atoms with E-state index in [2.05, 4.69) is 22.2 Å². The van der Waals surface area contributed by atoms with Gasteiger partial charge >= 0.3 is 0 Å². The number of nitrogens with zero attached hydrogens (tertiary/aromatic N) is 4. The lowest BCUT2D eigenvalue weighted by molar-refractivity contribution is -0.125. The third-order valence-corrected chi connectivity index (χ3v) is 6.27. The van der Waals surface area contributed by atoms with E-state index in [1.54, 1.807) is 28.2 Å². The quantitative estimate of drug-likeness (QED) is 0.709. The largest absolute Gasteiger partial charge is 0.356 e. The van der Waals surface area contributed by atoms with E-state index >= 15 is 0 Å². The number of carbonyl (C=O) groups is 1. The van der Waals surface area contributed by atoms with Gasteiger partial charge in [0, 0.05) is 19.6 Å². The van der Waals surface area contributed by atoms with Gasteiger partial charge in [0.15, 0.2) is 10.8 Å². The van der Waals surface area contributed by atoms with Gasteiger partial charge in [-0.2, -0.15) is 10.1 Å². The Balaban J connectivity index is 1.60. The summed E-state index contributed by atoms with van der Waals surface area (Å²) in [5.41, 5.74) is 2.46. The van der Waals surface area contributed by atoms with Gasteiger partial charge in [0.1, 0.15) is 5.82 Å². The van der Waals surface area contributed by atoms with Crippen molar-refractivity contribution in [2.24, 2.45) is 5.92 Å². The van der Waals surface area contributed by atoms with Crippen LogP contribution in [0.25, 0.3) is 16.0 Å². The molecule has 6 nitrogen and oxygen atoms in total. The van der Waals surface area contributed by atoms with Crippen molar-refractivity contribution < 1.29 is 9.18 Å². The number of benzene rings is 1. The zero-order valence-corrected chi connectivity index (χ0v) is 16.9. The second kappa shape index (κ2) is 7.87. The summed E-state index contributed by atoms with van der Waals surface area (Å²) in [6.45, 7) is 6.33. The number of nitrogens with one attached hydrogen (secondary N) is 1. The lowest BCUT2D eigenvalue weighted by Crippen LogP contribution is -2.43. The SMILES string of the molecule is CCCNC(=O)C1CCCN(c2nc3c(s2)c(C)nn3-c2ccc(F)cc2)C1.